The predicted molar refractivity (Wildman–Crippen MR) is 105 cm³/mol. The number of aryl methyl sites for hydroxylation is 1. The lowest BCUT2D eigenvalue weighted by Gasteiger charge is -2.11. The maximum Gasteiger partial charge on any atom is 0.416 e. The molecule has 0 aromatic heterocycles. The van der Waals surface area contributed by atoms with E-state index in [1.807, 2.05) is 0 Å². The van der Waals surface area contributed by atoms with Gasteiger partial charge in [-0.2, -0.15) is 13.2 Å². The normalized spacial score (nSPS) is 15.6. The Bertz CT molecular complexity index is 881. The van der Waals surface area contributed by atoms with E-state index in [0.29, 0.717) is 35.1 Å². The van der Waals surface area contributed by atoms with Gasteiger partial charge in [-0.05, 0) is 41.7 Å². The van der Waals surface area contributed by atoms with E-state index < -0.39 is 17.7 Å². The average Bonchev–Trinajstić information content (AvgIpc) is 3.01. The Morgan fingerprint density at radius 1 is 1.14 bits per heavy atom. The van der Waals surface area contributed by atoms with Gasteiger partial charge in [0.15, 0.2) is 5.78 Å². The van der Waals surface area contributed by atoms with Crippen molar-refractivity contribution in [3.05, 3.63) is 68.2 Å². The minimum Gasteiger partial charge on any atom is -0.303 e. The van der Waals surface area contributed by atoms with Crippen LogP contribution < -0.4 is 0 Å². The van der Waals surface area contributed by atoms with Crippen LogP contribution in [0, 0.1) is 0 Å². The zero-order valence-corrected chi connectivity index (χ0v) is 16.5. The third kappa shape index (κ3) is 4.44. The van der Waals surface area contributed by atoms with E-state index in [4.69, 9.17) is 23.2 Å². The van der Waals surface area contributed by atoms with Crippen molar-refractivity contribution in [3.8, 4) is 0 Å². The Kier molecular flexibility index (Phi) is 7.35. The zero-order chi connectivity index (χ0) is 21.1. The molecule has 1 atom stereocenters. The first-order chi connectivity index (χ1) is 13.2. The van der Waals surface area contributed by atoms with E-state index in [0.717, 1.165) is 18.4 Å². The molecule has 2 radical (unpaired) electrons. The first kappa shape index (κ1) is 22.5. The Morgan fingerprint density at radius 2 is 1.75 bits per heavy atom. The van der Waals surface area contributed by atoms with Crippen LogP contribution in [0.15, 0.2) is 30.3 Å². The molecule has 2 aromatic rings. The number of aldehydes is 1. The molecule has 3 rings (SSSR count). The van der Waals surface area contributed by atoms with E-state index in [9.17, 15) is 22.8 Å². The van der Waals surface area contributed by atoms with Gasteiger partial charge in [0.05, 0.1) is 29.4 Å². The van der Waals surface area contributed by atoms with Crippen molar-refractivity contribution >= 4 is 43.1 Å². The molecule has 2 aromatic carbocycles. The molecule has 0 saturated carbocycles. The summed E-state index contributed by atoms with van der Waals surface area (Å²) in [4.78, 5) is 23.3. The van der Waals surface area contributed by atoms with Crippen LogP contribution in [0.3, 0.4) is 0 Å². The molecule has 0 N–H and O–H groups in total. The Labute approximate surface area is 172 Å². The van der Waals surface area contributed by atoms with Crippen molar-refractivity contribution in [2.24, 2.45) is 0 Å². The molecule has 0 fully saturated rings. The highest BCUT2D eigenvalue weighted by molar-refractivity contribution is 6.45. The largest absolute Gasteiger partial charge is 0.416 e. The standard InChI is InChI=1S/C19H13Cl2F3O2.CH3B/c20-16-11(2-1-7-25)8-12-9-14(18(26)15(12)17(16)21)10-3-5-13(6-4-10)19(22,23)24;1-2/h3-8,14H,1-2,9H2;1H3. The maximum absolute atomic E-state index is 12.8. The lowest BCUT2D eigenvalue weighted by atomic mass is 9.94. The summed E-state index contributed by atoms with van der Waals surface area (Å²) in [5.74, 6) is -0.851. The summed E-state index contributed by atoms with van der Waals surface area (Å²) in [7, 11) is 4.50. The summed E-state index contributed by atoms with van der Waals surface area (Å²) < 4.78 is 38.1. The number of carbonyl (C=O) groups excluding carboxylic acids is 2. The molecule has 1 aliphatic rings. The second-order valence-corrected chi connectivity index (χ2v) is 6.90. The van der Waals surface area contributed by atoms with Gasteiger partial charge >= 0.3 is 6.18 Å². The summed E-state index contributed by atoms with van der Waals surface area (Å²) in [5, 5.41) is 0.387. The molecule has 0 saturated heterocycles. The van der Waals surface area contributed by atoms with Crippen molar-refractivity contribution < 1.29 is 22.8 Å². The Morgan fingerprint density at radius 3 is 2.29 bits per heavy atom. The topological polar surface area (TPSA) is 34.1 Å². The molecular weight excluding hydrogens is 411 g/mol. The van der Waals surface area contributed by atoms with Gasteiger partial charge in [0.1, 0.15) is 6.29 Å². The zero-order valence-electron chi connectivity index (χ0n) is 14.9. The van der Waals surface area contributed by atoms with Crippen LogP contribution in [0.2, 0.25) is 16.9 Å². The number of hydrogen-bond donors (Lipinski definition) is 0. The van der Waals surface area contributed by atoms with Gasteiger partial charge in [0, 0.05) is 12.0 Å². The maximum atomic E-state index is 12.8. The fraction of sp³-hybridized carbons (Fsp3) is 0.300. The summed E-state index contributed by atoms with van der Waals surface area (Å²) in [6.45, 7) is 1.50. The van der Waals surface area contributed by atoms with Gasteiger partial charge in [-0.25, -0.2) is 0 Å². The van der Waals surface area contributed by atoms with Crippen LogP contribution in [0.1, 0.15) is 45.0 Å². The Hall–Kier alpha value is -1.79. The third-order valence-corrected chi connectivity index (χ3v) is 5.43. The van der Waals surface area contributed by atoms with E-state index in [2.05, 4.69) is 7.85 Å². The number of halogens is 5. The molecule has 1 unspecified atom stereocenters. The molecule has 1 aliphatic carbocycles. The number of rotatable bonds is 4. The van der Waals surface area contributed by atoms with Gasteiger partial charge in [0.2, 0.25) is 0 Å². The number of ketones is 1. The third-order valence-electron chi connectivity index (χ3n) is 4.52. The van der Waals surface area contributed by atoms with Gasteiger partial charge in [-0.1, -0.05) is 48.2 Å². The number of Topliss-reactive ketones (excluding diaryl/α,β-unsaturated/α-hetero) is 1. The number of fused-ring (bicyclic) bond motifs is 1. The van der Waals surface area contributed by atoms with Crippen molar-refractivity contribution in [2.75, 3.05) is 0 Å². The van der Waals surface area contributed by atoms with Gasteiger partial charge in [-0.15, -0.1) is 0 Å². The van der Waals surface area contributed by atoms with E-state index >= 15 is 0 Å². The highest BCUT2D eigenvalue weighted by Gasteiger charge is 2.36. The van der Waals surface area contributed by atoms with Crippen molar-refractivity contribution in [1.82, 2.24) is 0 Å². The number of hydrogen-bond acceptors (Lipinski definition) is 2. The lowest BCUT2D eigenvalue weighted by molar-refractivity contribution is -0.137. The van der Waals surface area contributed by atoms with Crippen LogP contribution >= 0.6 is 23.2 Å². The highest BCUT2D eigenvalue weighted by Crippen LogP contribution is 2.42. The molecule has 0 amide bonds. The highest BCUT2D eigenvalue weighted by atomic mass is 35.5. The summed E-state index contributed by atoms with van der Waals surface area (Å²) >= 11 is 12.5. The molecule has 2 nitrogen and oxygen atoms in total. The first-order valence-electron chi connectivity index (χ1n) is 8.46. The summed E-state index contributed by atoms with van der Waals surface area (Å²) in [6.07, 6.45) is -2.62. The van der Waals surface area contributed by atoms with E-state index in [1.54, 1.807) is 6.07 Å². The molecule has 0 bridgehead atoms. The molecule has 146 valence electrons. The fourth-order valence-electron chi connectivity index (χ4n) is 3.22. The fourth-order valence-corrected chi connectivity index (χ4v) is 3.80. The van der Waals surface area contributed by atoms with Crippen LogP contribution in [0.4, 0.5) is 13.2 Å². The minimum absolute atomic E-state index is 0.143. The molecule has 0 spiro atoms. The number of alkyl halides is 3. The second kappa shape index (κ2) is 9.14. The predicted octanol–water partition coefficient (Wildman–Crippen LogP) is 5.87. The van der Waals surface area contributed by atoms with Gasteiger partial charge in [0.25, 0.3) is 0 Å². The minimum atomic E-state index is -4.43. The SMILES string of the molecule is O=CCCc1cc2c(c(Cl)c1Cl)C(=O)C(c1ccc(C(F)(F)F)cc1)C2.[B]C. The molecule has 0 aliphatic heterocycles. The number of benzene rings is 2. The van der Waals surface area contributed by atoms with Crippen molar-refractivity contribution in [3.63, 3.8) is 0 Å². The Balaban J connectivity index is 0.00000136. The van der Waals surface area contributed by atoms with Crippen molar-refractivity contribution in [1.29, 1.82) is 0 Å². The molecular formula is C20H16BCl2F3O2. The summed E-state index contributed by atoms with van der Waals surface area (Å²) in [5.41, 5.74) is 1.44. The first-order valence-corrected chi connectivity index (χ1v) is 9.22. The quantitative estimate of drug-likeness (QED) is 0.452. The van der Waals surface area contributed by atoms with E-state index in [-0.39, 0.29) is 22.2 Å². The average molecular weight is 427 g/mol. The van der Waals surface area contributed by atoms with E-state index in [1.165, 1.54) is 19.0 Å². The lowest BCUT2D eigenvalue weighted by Crippen LogP contribution is -2.09. The summed E-state index contributed by atoms with van der Waals surface area (Å²) in [6, 6.07) is 6.33. The van der Waals surface area contributed by atoms with Crippen LogP contribution in [0.5, 0.6) is 0 Å². The van der Waals surface area contributed by atoms with Crippen LogP contribution in [-0.2, 0) is 23.8 Å². The smallest absolute Gasteiger partial charge is 0.303 e. The molecule has 28 heavy (non-hydrogen) atoms. The molecule has 8 heteroatoms. The van der Waals surface area contributed by atoms with Gasteiger partial charge < -0.3 is 4.79 Å². The van der Waals surface area contributed by atoms with Crippen LogP contribution in [0.25, 0.3) is 0 Å². The van der Waals surface area contributed by atoms with Crippen LogP contribution in [-0.4, -0.2) is 19.9 Å². The molecule has 0 heterocycles. The van der Waals surface area contributed by atoms with Crippen molar-refractivity contribution in [2.45, 2.75) is 38.2 Å². The number of carbonyl (C=O) groups is 2. The second-order valence-electron chi connectivity index (χ2n) is 6.14. The monoisotopic (exact) mass is 426 g/mol. The van der Waals surface area contributed by atoms with Gasteiger partial charge in [-0.3, -0.25) is 4.79 Å².